The van der Waals surface area contributed by atoms with Gasteiger partial charge in [-0.1, -0.05) is 26.0 Å². The van der Waals surface area contributed by atoms with Gasteiger partial charge in [0.25, 0.3) is 0 Å². The van der Waals surface area contributed by atoms with Crippen LogP contribution in [0.25, 0.3) is 0 Å². The molecular weight excluding hydrogens is 356 g/mol. The van der Waals surface area contributed by atoms with Crippen molar-refractivity contribution in [1.82, 2.24) is 9.88 Å². The van der Waals surface area contributed by atoms with Gasteiger partial charge in [-0.2, -0.15) is 0 Å². The number of nitrogens with zero attached hydrogens (tertiary/aromatic N) is 2. The number of amides is 1. The van der Waals surface area contributed by atoms with Crippen LogP contribution in [0.1, 0.15) is 42.1 Å². The molecule has 1 aliphatic rings. The highest BCUT2D eigenvalue weighted by molar-refractivity contribution is 7.09. The number of aromatic nitrogens is 1. The third kappa shape index (κ3) is 5.15. The summed E-state index contributed by atoms with van der Waals surface area (Å²) in [4.78, 5) is 19.5. The van der Waals surface area contributed by atoms with E-state index in [-0.39, 0.29) is 17.4 Å². The second-order valence-electron chi connectivity index (χ2n) is 8.37. The Morgan fingerprint density at radius 1 is 1.41 bits per heavy atom. The Kier molecular flexibility index (Phi) is 5.99. The number of aryl methyl sites for hydroxylation is 2. The Balaban J connectivity index is 1.56. The molecule has 3 rings (SSSR count). The van der Waals surface area contributed by atoms with E-state index in [9.17, 15) is 4.79 Å². The number of carbonyl (C=O) groups excluding carboxylic acids is 1. The van der Waals surface area contributed by atoms with E-state index in [2.05, 4.69) is 34.4 Å². The van der Waals surface area contributed by atoms with Crippen LogP contribution in [0.2, 0.25) is 0 Å². The molecule has 6 heteroatoms. The maximum absolute atomic E-state index is 12.4. The van der Waals surface area contributed by atoms with Gasteiger partial charge in [-0.05, 0) is 42.9 Å². The van der Waals surface area contributed by atoms with Gasteiger partial charge in [0, 0.05) is 36.7 Å². The number of rotatable bonds is 5. The summed E-state index contributed by atoms with van der Waals surface area (Å²) in [5.41, 5.74) is 10.5. The predicted molar refractivity (Wildman–Crippen MR) is 112 cm³/mol. The van der Waals surface area contributed by atoms with E-state index >= 15 is 0 Å². The number of piperidine rings is 1. The van der Waals surface area contributed by atoms with Crippen molar-refractivity contribution in [1.29, 1.82) is 0 Å². The van der Waals surface area contributed by atoms with E-state index < -0.39 is 0 Å². The molecule has 1 aromatic heterocycles. The summed E-state index contributed by atoms with van der Waals surface area (Å²) in [5, 5.41) is 5.94. The Morgan fingerprint density at radius 3 is 2.93 bits per heavy atom. The minimum absolute atomic E-state index is 0.0188. The summed E-state index contributed by atoms with van der Waals surface area (Å²) in [5.74, 6) is -0.0188. The van der Waals surface area contributed by atoms with E-state index in [0.29, 0.717) is 6.42 Å². The largest absolute Gasteiger partial charge is 0.327 e. The zero-order valence-corrected chi connectivity index (χ0v) is 17.5. The zero-order valence-electron chi connectivity index (χ0n) is 16.7. The summed E-state index contributed by atoms with van der Waals surface area (Å²) in [6.45, 7) is 11.3. The minimum atomic E-state index is -0.0188. The van der Waals surface area contributed by atoms with Crippen LogP contribution in [0.15, 0.2) is 23.6 Å². The van der Waals surface area contributed by atoms with Crippen molar-refractivity contribution in [2.75, 3.05) is 18.4 Å². The number of thiazole rings is 1. The van der Waals surface area contributed by atoms with Crippen LogP contribution in [-0.2, 0) is 17.8 Å². The van der Waals surface area contributed by atoms with Crippen LogP contribution < -0.4 is 11.1 Å². The van der Waals surface area contributed by atoms with Crippen molar-refractivity contribution in [2.24, 2.45) is 11.1 Å². The second kappa shape index (κ2) is 8.09. The standard InChI is InChI=1S/C21H30N4OS/c1-14-5-6-15(2)17(9-14)24-19(26)10-20-23-16(12-27-20)11-25-8-7-18(22)21(3,4)13-25/h5-6,9,12,18H,7-8,10-11,13,22H2,1-4H3,(H,24,26). The molecule has 0 saturated carbocycles. The van der Waals surface area contributed by atoms with Gasteiger partial charge in [0.1, 0.15) is 5.01 Å². The van der Waals surface area contributed by atoms with Gasteiger partial charge < -0.3 is 11.1 Å². The fraction of sp³-hybridized carbons (Fsp3) is 0.524. The molecule has 1 fully saturated rings. The highest BCUT2D eigenvalue weighted by Crippen LogP contribution is 2.28. The van der Waals surface area contributed by atoms with Crippen molar-refractivity contribution in [3.63, 3.8) is 0 Å². The molecule has 1 aliphatic heterocycles. The Bertz CT molecular complexity index is 814. The van der Waals surface area contributed by atoms with E-state index in [4.69, 9.17) is 5.73 Å². The Morgan fingerprint density at radius 2 is 2.19 bits per heavy atom. The lowest BCUT2D eigenvalue weighted by Crippen LogP contribution is -2.52. The number of nitrogens with one attached hydrogen (secondary N) is 1. The minimum Gasteiger partial charge on any atom is -0.327 e. The molecule has 146 valence electrons. The summed E-state index contributed by atoms with van der Waals surface area (Å²) >= 11 is 1.56. The Labute approximate surface area is 166 Å². The van der Waals surface area contributed by atoms with Crippen molar-refractivity contribution in [3.8, 4) is 0 Å². The zero-order chi connectivity index (χ0) is 19.6. The smallest absolute Gasteiger partial charge is 0.231 e. The first-order valence-corrected chi connectivity index (χ1v) is 10.4. The lowest BCUT2D eigenvalue weighted by molar-refractivity contribution is -0.115. The van der Waals surface area contributed by atoms with Crippen LogP contribution >= 0.6 is 11.3 Å². The average molecular weight is 387 g/mol. The molecule has 0 radical (unpaired) electrons. The van der Waals surface area contributed by atoms with Crippen LogP contribution in [0, 0.1) is 19.3 Å². The molecule has 1 unspecified atom stereocenters. The van der Waals surface area contributed by atoms with Gasteiger partial charge in [-0.15, -0.1) is 11.3 Å². The van der Waals surface area contributed by atoms with Crippen LogP contribution in [0.3, 0.4) is 0 Å². The lowest BCUT2D eigenvalue weighted by atomic mass is 9.80. The molecular formula is C21H30N4OS. The van der Waals surface area contributed by atoms with E-state index in [0.717, 1.165) is 53.6 Å². The maximum atomic E-state index is 12.4. The van der Waals surface area contributed by atoms with Crippen LogP contribution in [0.5, 0.6) is 0 Å². The molecule has 0 aliphatic carbocycles. The van der Waals surface area contributed by atoms with Gasteiger partial charge in [0.2, 0.25) is 5.91 Å². The van der Waals surface area contributed by atoms with Crippen molar-refractivity contribution in [2.45, 2.75) is 53.1 Å². The highest BCUT2D eigenvalue weighted by atomic mass is 32.1. The average Bonchev–Trinajstić information content (AvgIpc) is 3.01. The number of likely N-dealkylation sites (tertiary alicyclic amines) is 1. The molecule has 1 amide bonds. The van der Waals surface area contributed by atoms with Gasteiger partial charge in [-0.3, -0.25) is 9.69 Å². The lowest BCUT2D eigenvalue weighted by Gasteiger charge is -2.42. The first-order valence-electron chi connectivity index (χ1n) is 9.51. The molecule has 27 heavy (non-hydrogen) atoms. The first-order chi connectivity index (χ1) is 12.7. The molecule has 1 saturated heterocycles. The topological polar surface area (TPSA) is 71.2 Å². The molecule has 2 aromatic rings. The maximum Gasteiger partial charge on any atom is 0.231 e. The Hall–Kier alpha value is -1.76. The van der Waals surface area contributed by atoms with Crippen LogP contribution in [-0.4, -0.2) is 34.9 Å². The summed E-state index contributed by atoms with van der Waals surface area (Å²) in [7, 11) is 0. The quantitative estimate of drug-likeness (QED) is 0.825. The van der Waals surface area contributed by atoms with Crippen LogP contribution in [0.4, 0.5) is 5.69 Å². The number of hydrogen-bond acceptors (Lipinski definition) is 5. The number of benzene rings is 1. The normalized spacial score (nSPS) is 19.8. The van der Waals surface area contributed by atoms with Crippen molar-refractivity contribution < 1.29 is 4.79 Å². The van der Waals surface area contributed by atoms with Gasteiger partial charge >= 0.3 is 0 Å². The van der Waals surface area contributed by atoms with E-state index in [1.54, 1.807) is 11.3 Å². The molecule has 3 N–H and O–H groups in total. The van der Waals surface area contributed by atoms with Gasteiger partial charge in [0.15, 0.2) is 0 Å². The van der Waals surface area contributed by atoms with Gasteiger partial charge in [-0.25, -0.2) is 4.98 Å². The fourth-order valence-corrected chi connectivity index (χ4v) is 4.34. The monoisotopic (exact) mass is 386 g/mol. The number of hydrogen-bond donors (Lipinski definition) is 2. The third-order valence-corrected chi connectivity index (χ3v) is 6.25. The number of carbonyl (C=O) groups is 1. The molecule has 2 heterocycles. The number of anilines is 1. The summed E-state index contributed by atoms with van der Waals surface area (Å²) in [6, 6.07) is 6.34. The molecule has 1 aromatic carbocycles. The summed E-state index contributed by atoms with van der Waals surface area (Å²) in [6.07, 6.45) is 1.33. The molecule has 1 atom stereocenters. The van der Waals surface area contributed by atoms with E-state index in [1.807, 2.05) is 32.0 Å². The molecule has 5 nitrogen and oxygen atoms in total. The highest BCUT2D eigenvalue weighted by Gasteiger charge is 2.33. The second-order valence-corrected chi connectivity index (χ2v) is 9.31. The molecule has 0 spiro atoms. The predicted octanol–water partition coefficient (Wildman–Crippen LogP) is 3.50. The van der Waals surface area contributed by atoms with E-state index in [1.165, 1.54) is 0 Å². The molecule has 0 bridgehead atoms. The third-order valence-electron chi connectivity index (χ3n) is 5.36. The van der Waals surface area contributed by atoms with Crippen molar-refractivity contribution in [3.05, 3.63) is 45.4 Å². The first kappa shape index (κ1) is 20.0. The number of nitrogens with two attached hydrogens (primary N) is 1. The fourth-order valence-electron chi connectivity index (χ4n) is 3.55. The summed E-state index contributed by atoms with van der Waals surface area (Å²) < 4.78 is 0. The van der Waals surface area contributed by atoms with Gasteiger partial charge in [0.05, 0.1) is 12.1 Å². The van der Waals surface area contributed by atoms with Crippen molar-refractivity contribution >= 4 is 22.9 Å². The SMILES string of the molecule is Cc1ccc(C)c(NC(=O)Cc2nc(CN3CCC(N)C(C)(C)C3)cs2)c1.